The van der Waals surface area contributed by atoms with Gasteiger partial charge < -0.3 is 25.0 Å². The number of ether oxygens (including phenoxy) is 2. The molecule has 0 bridgehead atoms. The Kier molecular flexibility index (Phi) is 12.7. The highest BCUT2D eigenvalue weighted by Gasteiger charge is 2.43. The Morgan fingerprint density at radius 3 is 2.23 bits per heavy atom. The van der Waals surface area contributed by atoms with E-state index in [2.05, 4.69) is 17.2 Å². The molecule has 218 valence electrons. The normalized spacial score (nSPS) is 13.9. The Hall–Kier alpha value is -3.36. The molecule has 2 N–H and O–H groups in total. The molecule has 0 aromatic heterocycles. The van der Waals surface area contributed by atoms with E-state index in [1.54, 1.807) is 52.0 Å². The van der Waals surface area contributed by atoms with Crippen molar-refractivity contribution in [1.82, 2.24) is 15.5 Å². The molecule has 3 amide bonds. The summed E-state index contributed by atoms with van der Waals surface area (Å²) in [6.45, 7) is 20.4. The van der Waals surface area contributed by atoms with Gasteiger partial charge in [0.15, 0.2) is 0 Å². The number of amides is 3. The van der Waals surface area contributed by atoms with Crippen molar-refractivity contribution in [2.45, 2.75) is 98.4 Å². The van der Waals surface area contributed by atoms with Crippen LogP contribution >= 0.6 is 0 Å². The van der Waals surface area contributed by atoms with Gasteiger partial charge in [-0.15, -0.1) is 0 Å². The fraction of sp³-hybridized carbons (Fsp3) is 0.600. The van der Waals surface area contributed by atoms with Crippen LogP contribution in [0.2, 0.25) is 0 Å². The predicted molar refractivity (Wildman–Crippen MR) is 153 cm³/mol. The van der Waals surface area contributed by atoms with Crippen LogP contribution in [0.4, 0.5) is 4.79 Å². The van der Waals surface area contributed by atoms with E-state index in [0.717, 1.165) is 5.56 Å². The molecule has 9 heteroatoms. The van der Waals surface area contributed by atoms with E-state index in [0.29, 0.717) is 12.0 Å². The molecule has 0 aliphatic rings. The number of carbonyl (C=O) groups is 4. The molecular weight excluding hydrogens is 498 g/mol. The fourth-order valence-electron chi connectivity index (χ4n) is 4.00. The van der Waals surface area contributed by atoms with Crippen LogP contribution in [0.25, 0.3) is 6.08 Å². The number of alkyl carbamates (subject to hydrolysis) is 1. The summed E-state index contributed by atoms with van der Waals surface area (Å²) in [6.07, 6.45) is 1.55. The zero-order chi connectivity index (χ0) is 30.0. The Labute approximate surface area is 233 Å². The Bertz CT molecular complexity index is 1010. The van der Waals surface area contributed by atoms with Gasteiger partial charge in [0.25, 0.3) is 0 Å². The lowest BCUT2D eigenvalue weighted by Gasteiger charge is -2.44. The number of rotatable bonds is 12. The number of hydrogen-bond acceptors (Lipinski definition) is 6. The first-order valence-corrected chi connectivity index (χ1v) is 13.5. The molecule has 0 heterocycles. The summed E-state index contributed by atoms with van der Waals surface area (Å²) in [7, 11) is 0. The minimum atomic E-state index is -1.05. The molecular formula is C30H47N3O6. The van der Waals surface area contributed by atoms with E-state index in [1.807, 2.05) is 40.7 Å². The molecule has 39 heavy (non-hydrogen) atoms. The summed E-state index contributed by atoms with van der Waals surface area (Å²) >= 11 is 0. The monoisotopic (exact) mass is 545 g/mol. The minimum absolute atomic E-state index is 0.00183. The first kappa shape index (κ1) is 33.7. The van der Waals surface area contributed by atoms with Crippen molar-refractivity contribution in [2.75, 3.05) is 13.2 Å². The van der Waals surface area contributed by atoms with E-state index < -0.39 is 47.1 Å². The summed E-state index contributed by atoms with van der Waals surface area (Å²) in [5.41, 5.74) is -0.220. The first-order valence-electron chi connectivity index (χ1n) is 13.5. The van der Waals surface area contributed by atoms with Gasteiger partial charge in [0.1, 0.15) is 17.7 Å². The van der Waals surface area contributed by atoms with Crippen LogP contribution in [0, 0.1) is 5.92 Å². The van der Waals surface area contributed by atoms with Crippen molar-refractivity contribution >= 4 is 30.0 Å². The van der Waals surface area contributed by atoms with Crippen molar-refractivity contribution < 1.29 is 28.7 Å². The van der Waals surface area contributed by atoms with E-state index in [4.69, 9.17) is 9.47 Å². The molecule has 3 unspecified atom stereocenters. The summed E-state index contributed by atoms with van der Waals surface area (Å²) < 4.78 is 10.4. The molecule has 0 aliphatic heterocycles. The van der Waals surface area contributed by atoms with Crippen LogP contribution in [0.1, 0.15) is 92.3 Å². The summed E-state index contributed by atoms with van der Waals surface area (Å²) in [5.74, 6) is -1.55. The SMILES string of the molecule is C=Cc1cccc(C(C(=O)NCCC(=O)OCC)N(C(=O)C(NC(=O)OC(C)(C)C)C(C)CC)C(C)(C)C)c1. The third-order valence-corrected chi connectivity index (χ3v) is 6.01. The lowest BCUT2D eigenvalue weighted by atomic mass is 9.91. The van der Waals surface area contributed by atoms with Crippen molar-refractivity contribution in [1.29, 1.82) is 0 Å². The number of nitrogens with zero attached hydrogens (tertiary/aromatic N) is 1. The molecule has 3 atom stereocenters. The average molecular weight is 546 g/mol. The van der Waals surface area contributed by atoms with Crippen LogP contribution in [-0.2, 0) is 23.9 Å². The minimum Gasteiger partial charge on any atom is -0.466 e. The predicted octanol–water partition coefficient (Wildman–Crippen LogP) is 5.01. The van der Waals surface area contributed by atoms with Gasteiger partial charge in [-0.2, -0.15) is 0 Å². The maximum atomic E-state index is 14.3. The van der Waals surface area contributed by atoms with Gasteiger partial charge >= 0.3 is 12.1 Å². The van der Waals surface area contributed by atoms with Crippen LogP contribution in [0.3, 0.4) is 0 Å². The largest absolute Gasteiger partial charge is 0.466 e. The summed E-state index contributed by atoms with van der Waals surface area (Å²) in [6, 6.07) is 5.22. The lowest BCUT2D eigenvalue weighted by molar-refractivity contribution is -0.149. The molecule has 0 fully saturated rings. The number of hydrogen-bond donors (Lipinski definition) is 2. The van der Waals surface area contributed by atoms with Gasteiger partial charge in [-0.1, -0.05) is 51.1 Å². The number of esters is 1. The van der Waals surface area contributed by atoms with Gasteiger partial charge in [0.2, 0.25) is 11.8 Å². The molecule has 0 spiro atoms. The third kappa shape index (κ3) is 10.7. The van der Waals surface area contributed by atoms with Crippen molar-refractivity contribution in [3.8, 4) is 0 Å². The van der Waals surface area contributed by atoms with Crippen LogP contribution in [-0.4, -0.2) is 59.1 Å². The van der Waals surface area contributed by atoms with Crippen molar-refractivity contribution in [3.05, 3.63) is 42.0 Å². The second-order valence-electron chi connectivity index (χ2n) is 11.5. The van der Waals surface area contributed by atoms with Crippen molar-refractivity contribution in [2.24, 2.45) is 5.92 Å². The number of benzene rings is 1. The zero-order valence-corrected chi connectivity index (χ0v) is 25.1. The molecule has 0 saturated heterocycles. The maximum absolute atomic E-state index is 14.3. The molecule has 0 radical (unpaired) electrons. The smallest absolute Gasteiger partial charge is 0.408 e. The van der Waals surface area contributed by atoms with Gasteiger partial charge in [-0.3, -0.25) is 14.4 Å². The molecule has 0 saturated carbocycles. The number of nitrogens with one attached hydrogen (secondary N) is 2. The topological polar surface area (TPSA) is 114 Å². The second kappa shape index (κ2) is 14.7. The summed E-state index contributed by atoms with van der Waals surface area (Å²) in [4.78, 5) is 54.2. The molecule has 1 aromatic carbocycles. The fourth-order valence-corrected chi connectivity index (χ4v) is 4.00. The highest BCUT2D eigenvalue weighted by Crippen LogP contribution is 2.32. The highest BCUT2D eigenvalue weighted by atomic mass is 16.6. The molecule has 0 aliphatic carbocycles. The Balaban J connectivity index is 3.56. The average Bonchev–Trinajstić information content (AvgIpc) is 2.83. The van der Waals surface area contributed by atoms with E-state index in [1.165, 1.54) is 4.90 Å². The standard InChI is InChI=1S/C30H47N3O6/c1-11-20(4)24(32-28(37)39-30(8,9)10)27(36)33(29(5,6)7)25(22-16-14-15-21(12-2)19-22)26(35)31-18-17-23(34)38-13-3/h12,14-16,19-20,24-25H,2,11,13,17-18H2,1,3-10H3,(H,31,35)(H,32,37). The molecule has 1 aromatic rings. The van der Waals surface area contributed by atoms with Crippen LogP contribution in [0.15, 0.2) is 30.8 Å². The quantitative estimate of drug-likeness (QED) is 0.357. The molecule has 1 rings (SSSR count). The maximum Gasteiger partial charge on any atom is 0.408 e. The first-order chi connectivity index (χ1) is 18.0. The van der Waals surface area contributed by atoms with Gasteiger partial charge in [0, 0.05) is 12.1 Å². The third-order valence-electron chi connectivity index (χ3n) is 6.01. The Morgan fingerprint density at radius 1 is 1.08 bits per heavy atom. The molecule has 9 nitrogen and oxygen atoms in total. The Morgan fingerprint density at radius 2 is 1.72 bits per heavy atom. The van der Waals surface area contributed by atoms with Crippen LogP contribution in [0.5, 0.6) is 0 Å². The van der Waals surface area contributed by atoms with E-state index in [-0.39, 0.29) is 25.5 Å². The lowest BCUT2D eigenvalue weighted by Crippen LogP contribution is -2.60. The van der Waals surface area contributed by atoms with Crippen LogP contribution < -0.4 is 10.6 Å². The van der Waals surface area contributed by atoms with Crippen molar-refractivity contribution in [3.63, 3.8) is 0 Å². The van der Waals surface area contributed by atoms with Gasteiger partial charge in [0.05, 0.1) is 13.0 Å². The second-order valence-corrected chi connectivity index (χ2v) is 11.5. The van der Waals surface area contributed by atoms with Gasteiger partial charge in [-0.05, 0) is 71.6 Å². The van der Waals surface area contributed by atoms with Gasteiger partial charge in [-0.25, -0.2) is 4.79 Å². The van der Waals surface area contributed by atoms with E-state index in [9.17, 15) is 19.2 Å². The summed E-state index contributed by atoms with van der Waals surface area (Å²) in [5, 5.41) is 5.55. The van der Waals surface area contributed by atoms with E-state index >= 15 is 0 Å². The highest BCUT2D eigenvalue weighted by molar-refractivity contribution is 5.93. The number of carbonyl (C=O) groups excluding carboxylic acids is 4. The zero-order valence-electron chi connectivity index (χ0n) is 25.1.